The van der Waals surface area contributed by atoms with E-state index in [1.165, 1.54) is 5.56 Å². The summed E-state index contributed by atoms with van der Waals surface area (Å²) in [5.41, 5.74) is 9.55. The largest absolute Gasteiger partial charge is 0.399 e. The number of nitrogens with one attached hydrogen (secondary N) is 1. The van der Waals surface area contributed by atoms with Gasteiger partial charge in [-0.2, -0.15) is 0 Å². The molecule has 0 amide bonds. The van der Waals surface area contributed by atoms with E-state index < -0.39 is 0 Å². The van der Waals surface area contributed by atoms with Gasteiger partial charge in [-0.1, -0.05) is 30.3 Å². The predicted molar refractivity (Wildman–Crippen MR) is 86.0 cm³/mol. The molecule has 21 heavy (non-hydrogen) atoms. The number of hydrogen-bond acceptors (Lipinski definition) is 3. The molecule has 0 aliphatic heterocycles. The van der Waals surface area contributed by atoms with Crippen LogP contribution in [0.5, 0.6) is 0 Å². The third-order valence-electron chi connectivity index (χ3n) is 3.74. The first-order valence-electron chi connectivity index (χ1n) is 7.11. The van der Waals surface area contributed by atoms with Crippen molar-refractivity contribution in [2.24, 2.45) is 0 Å². The standard InChI is InChI=1S/C18H18N2O/c19-15-6-8-16(9-7-15)20-17-10-14(11-18(21)12-17)13-4-2-1-3-5-13/h1-9,12,14,20H,10-11,19H2. The molecule has 0 heterocycles. The van der Waals surface area contributed by atoms with Gasteiger partial charge < -0.3 is 11.1 Å². The molecule has 2 aromatic rings. The molecule has 0 saturated carbocycles. The zero-order valence-electron chi connectivity index (χ0n) is 11.8. The van der Waals surface area contributed by atoms with Gasteiger partial charge in [0.2, 0.25) is 0 Å². The van der Waals surface area contributed by atoms with E-state index in [4.69, 9.17) is 5.73 Å². The third-order valence-corrected chi connectivity index (χ3v) is 3.74. The van der Waals surface area contributed by atoms with Crippen LogP contribution in [0.15, 0.2) is 66.4 Å². The fourth-order valence-corrected chi connectivity index (χ4v) is 2.69. The van der Waals surface area contributed by atoms with E-state index in [1.54, 1.807) is 6.08 Å². The second-order valence-corrected chi connectivity index (χ2v) is 5.40. The van der Waals surface area contributed by atoms with Gasteiger partial charge in [-0.05, 0) is 42.2 Å². The Balaban J connectivity index is 1.76. The molecule has 3 heteroatoms. The van der Waals surface area contributed by atoms with E-state index in [9.17, 15) is 4.79 Å². The Kier molecular flexibility index (Phi) is 3.73. The summed E-state index contributed by atoms with van der Waals surface area (Å²) in [6.07, 6.45) is 3.15. The molecular weight excluding hydrogens is 260 g/mol. The first kappa shape index (κ1) is 13.4. The Morgan fingerprint density at radius 1 is 0.952 bits per heavy atom. The number of nitrogens with two attached hydrogens (primary N) is 1. The van der Waals surface area contributed by atoms with Crippen molar-refractivity contribution in [1.29, 1.82) is 0 Å². The number of benzene rings is 2. The van der Waals surface area contributed by atoms with E-state index in [1.807, 2.05) is 42.5 Å². The molecule has 0 saturated heterocycles. The average molecular weight is 278 g/mol. The van der Waals surface area contributed by atoms with Crippen molar-refractivity contribution in [3.8, 4) is 0 Å². The SMILES string of the molecule is Nc1ccc(NC2=CC(=O)CC(c3ccccc3)C2)cc1. The first-order chi connectivity index (χ1) is 10.2. The number of carbonyl (C=O) groups is 1. The maximum atomic E-state index is 12.0. The maximum Gasteiger partial charge on any atom is 0.158 e. The van der Waals surface area contributed by atoms with Crippen molar-refractivity contribution in [2.75, 3.05) is 11.1 Å². The Morgan fingerprint density at radius 2 is 1.67 bits per heavy atom. The van der Waals surface area contributed by atoms with Crippen molar-refractivity contribution in [3.63, 3.8) is 0 Å². The minimum Gasteiger partial charge on any atom is -0.399 e. The number of ketones is 1. The van der Waals surface area contributed by atoms with Gasteiger partial charge in [-0.3, -0.25) is 4.79 Å². The lowest BCUT2D eigenvalue weighted by Gasteiger charge is -2.23. The van der Waals surface area contributed by atoms with Crippen molar-refractivity contribution in [3.05, 3.63) is 71.9 Å². The van der Waals surface area contributed by atoms with Gasteiger partial charge >= 0.3 is 0 Å². The molecule has 1 aliphatic rings. The summed E-state index contributed by atoms with van der Waals surface area (Å²) < 4.78 is 0. The molecule has 0 aromatic heterocycles. The van der Waals surface area contributed by atoms with Gasteiger partial charge in [-0.15, -0.1) is 0 Å². The highest BCUT2D eigenvalue weighted by Crippen LogP contribution is 2.31. The monoisotopic (exact) mass is 278 g/mol. The second kappa shape index (κ2) is 5.83. The zero-order chi connectivity index (χ0) is 14.7. The van der Waals surface area contributed by atoms with E-state index in [-0.39, 0.29) is 11.7 Å². The topological polar surface area (TPSA) is 55.1 Å². The van der Waals surface area contributed by atoms with Crippen LogP contribution in [-0.2, 0) is 4.79 Å². The Hall–Kier alpha value is -2.55. The Morgan fingerprint density at radius 3 is 2.38 bits per heavy atom. The highest BCUT2D eigenvalue weighted by atomic mass is 16.1. The minimum absolute atomic E-state index is 0.174. The van der Waals surface area contributed by atoms with Gasteiger partial charge in [0.15, 0.2) is 5.78 Å². The zero-order valence-corrected chi connectivity index (χ0v) is 11.8. The predicted octanol–water partition coefficient (Wildman–Crippen LogP) is 3.71. The molecule has 3 nitrogen and oxygen atoms in total. The number of rotatable bonds is 3. The highest BCUT2D eigenvalue weighted by Gasteiger charge is 2.22. The van der Waals surface area contributed by atoms with Crippen LogP contribution in [0.1, 0.15) is 24.3 Å². The second-order valence-electron chi connectivity index (χ2n) is 5.40. The van der Waals surface area contributed by atoms with Crippen LogP contribution in [0.2, 0.25) is 0 Å². The number of carbonyl (C=O) groups excluding carboxylic acids is 1. The van der Waals surface area contributed by atoms with Gasteiger partial charge in [0.1, 0.15) is 0 Å². The molecule has 0 spiro atoms. The first-order valence-corrected chi connectivity index (χ1v) is 7.11. The lowest BCUT2D eigenvalue weighted by atomic mass is 9.85. The van der Waals surface area contributed by atoms with Gasteiger partial charge in [0.05, 0.1) is 0 Å². The summed E-state index contributed by atoms with van der Waals surface area (Å²) in [6, 6.07) is 17.8. The van der Waals surface area contributed by atoms with Crippen LogP contribution in [0.3, 0.4) is 0 Å². The lowest BCUT2D eigenvalue weighted by Crippen LogP contribution is -2.16. The van der Waals surface area contributed by atoms with Crippen LogP contribution in [0, 0.1) is 0 Å². The normalized spacial score (nSPS) is 18.2. The molecule has 3 N–H and O–H groups in total. The molecule has 1 unspecified atom stereocenters. The lowest BCUT2D eigenvalue weighted by molar-refractivity contribution is -0.115. The molecule has 0 fully saturated rings. The molecule has 0 bridgehead atoms. The Bertz CT molecular complexity index is 659. The van der Waals surface area contributed by atoms with E-state index in [0.717, 1.165) is 23.5 Å². The van der Waals surface area contributed by atoms with Crippen LogP contribution in [0.25, 0.3) is 0 Å². The van der Waals surface area contributed by atoms with Crippen LogP contribution >= 0.6 is 0 Å². The maximum absolute atomic E-state index is 12.0. The fraction of sp³-hybridized carbons (Fsp3) is 0.167. The van der Waals surface area contributed by atoms with Crippen LogP contribution in [0.4, 0.5) is 11.4 Å². The summed E-state index contributed by atoms with van der Waals surface area (Å²) in [5.74, 6) is 0.424. The van der Waals surface area contributed by atoms with Crippen molar-refractivity contribution in [1.82, 2.24) is 0 Å². The number of anilines is 2. The van der Waals surface area contributed by atoms with Crippen LogP contribution in [-0.4, -0.2) is 5.78 Å². The molecule has 3 rings (SSSR count). The van der Waals surface area contributed by atoms with Crippen molar-refractivity contribution in [2.45, 2.75) is 18.8 Å². The number of nitrogen functional groups attached to an aromatic ring is 1. The minimum atomic E-state index is 0.174. The summed E-state index contributed by atoms with van der Waals surface area (Å²) in [4.78, 5) is 12.0. The van der Waals surface area contributed by atoms with Crippen molar-refractivity contribution >= 4 is 17.2 Å². The van der Waals surface area contributed by atoms with Gasteiger partial charge in [0.25, 0.3) is 0 Å². The van der Waals surface area contributed by atoms with Gasteiger partial charge in [0, 0.05) is 29.6 Å². The molecular formula is C18H18N2O. The Labute approximate surface area is 124 Å². The molecule has 1 atom stereocenters. The molecule has 106 valence electrons. The van der Waals surface area contributed by atoms with E-state index in [2.05, 4.69) is 17.4 Å². The van der Waals surface area contributed by atoms with Crippen LogP contribution < -0.4 is 11.1 Å². The summed E-state index contributed by atoms with van der Waals surface area (Å²) >= 11 is 0. The number of allylic oxidation sites excluding steroid dienone is 2. The third kappa shape index (κ3) is 3.31. The quantitative estimate of drug-likeness (QED) is 0.841. The van der Waals surface area contributed by atoms with Crippen molar-refractivity contribution < 1.29 is 4.79 Å². The summed E-state index contributed by atoms with van der Waals surface area (Å²) in [7, 11) is 0. The van der Waals surface area contributed by atoms with Gasteiger partial charge in [-0.25, -0.2) is 0 Å². The summed E-state index contributed by atoms with van der Waals surface area (Å²) in [6.45, 7) is 0. The average Bonchev–Trinajstić information content (AvgIpc) is 2.50. The molecule has 1 aliphatic carbocycles. The number of hydrogen-bond donors (Lipinski definition) is 2. The molecule has 0 radical (unpaired) electrons. The van der Waals surface area contributed by atoms with E-state index in [0.29, 0.717) is 6.42 Å². The summed E-state index contributed by atoms with van der Waals surface area (Å²) in [5, 5.41) is 3.32. The fourth-order valence-electron chi connectivity index (χ4n) is 2.69. The highest BCUT2D eigenvalue weighted by molar-refractivity contribution is 5.92. The smallest absolute Gasteiger partial charge is 0.158 e. The van der Waals surface area contributed by atoms with E-state index >= 15 is 0 Å². The molecule has 2 aromatic carbocycles.